The van der Waals surface area contributed by atoms with Crippen LogP contribution in [0.15, 0.2) is 60.8 Å². The van der Waals surface area contributed by atoms with Crippen LogP contribution >= 0.6 is 0 Å². The molecule has 2 aromatic carbocycles. The molecule has 0 aliphatic carbocycles. The number of fused-ring (bicyclic) bond motifs is 1. The van der Waals surface area contributed by atoms with Crippen LogP contribution < -0.4 is 0 Å². The zero-order valence-corrected chi connectivity index (χ0v) is 14.0. The summed E-state index contributed by atoms with van der Waals surface area (Å²) in [7, 11) is 0. The number of hydrogen-bond donors (Lipinski definition) is 1. The number of rotatable bonds is 8. The molecule has 0 aliphatic rings. The van der Waals surface area contributed by atoms with Crippen molar-refractivity contribution >= 4 is 10.9 Å². The second-order valence-electron chi connectivity index (χ2n) is 6.22. The maximum Gasteiger partial charge on any atom is 0.0456 e. The molecular formula is C21H26N2. The third kappa shape index (κ3) is 4.23. The summed E-state index contributed by atoms with van der Waals surface area (Å²) < 4.78 is 0. The van der Waals surface area contributed by atoms with Gasteiger partial charge in [0.25, 0.3) is 0 Å². The second kappa shape index (κ2) is 7.98. The third-order valence-electron chi connectivity index (χ3n) is 4.45. The molecule has 120 valence electrons. The fourth-order valence-electron chi connectivity index (χ4n) is 3.11. The summed E-state index contributed by atoms with van der Waals surface area (Å²) in [6, 6.07) is 19.4. The Morgan fingerprint density at radius 3 is 2.52 bits per heavy atom. The van der Waals surface area contributed by atoms with E-state index in [0.717, 1.165) is 19.5 Å². The van der Waals surface area contributed by atoms with E-state index in [0.29, 0.717) is 0 Å². The van der Waals surface area contributed by atoms with Gasteiger partial charge in [-0.3, -0.25) is 4.90 Å². The van der Waals surface area contributed by atoms with Gasteiger partial charge in [-0.05, 0) is 36.6 Å². The van der Waals surface area contributed by atoms with E-state index >= 15 is 0 Å². The highest BCUT2D eigenvalue weighted by Gasteiger charge is 2.08. The Balaban J connectivity index is 1.66. The molecular weight excluding hydrogens is 280 g/mol. The summed E-state index contributed by atoms with van der Waals surface area (Å²) in [5.74, 6) is 0. The SMILES string of the molecule is CCCCN(CCc1c[nH]c2ccccc12)Cc1ccccc1. The monoisotopic (exact) mass is 306 g/mol. The topological polar surface area (TPSA) is 19.0 Å². The van der Waals surface area contributed by atoms with E-state index in [1.165, 1.54) is 41.4 Å². The predicted octanol–water partition coefficient (Wildman–Crippen LogP) is 5.01. The maximum absolute atomic E-state index is 3.39. The average molecular weight is 306 g/mol. The molecule has 0 saturated carbocycles. The van der Waals surface area contributed by atoms with Crippen molar-refractivity contribution in [3.05, 3.63) is 71.9 Å². The number of hydrogen-bond acceptors (Lipinski definition) is 1. The summed E-state index contributed by atoms with van der Waals surface area (Å²) in [5, 5.41) is 1.36. The Bertz CT molecular complexity index is 715. The van der Waals surface area contributed by atoms with Gasteiger partial charge in [-0.15, -0.1) is 0 Å². The average Bonchev–Trinajstić information content (AvgIpc) is 3.01. The molecule has 2 nitrogen and oxygen atoms in total. The lowest BCUT2D eigenvalue weighted by atomic mass is 10.1. The fourth-order valence-corrected chi connectivity index (χ4v) is 3.11. The largest absolute Gasteiger partial charge is 0.361 e. The van der Waals surface area contributed by atoms with Crippen LogP contribution in [-0.2, 0) is 13.0 Å². The van der Waals surface area contributed by atoms with Crippen LogP contribution in [0.4, 0.5) is 0 Å². The van der Waals surface area contributed by atoms with Crippen LogP contribution in [0, 0.1) is 0 Å². The smallest absolute Gasteiger partial charge is 0.0456 e. The number of para-hydroxylation sites is 1. The molecule has 0 radical (unpaired) electrons. The van der Waals surface area contributed by atoms with Crippen LogP contribution in [-0.4, -0.2) is 23.0 Å². The Hall–Kier alpha value is -2.06. The normalized spacial score (nSPS) is 11.4. The van der Waals surface area contributed by atoms with Crippen LogP contribution in [0.2, 0.25) is 0 Å². The lowest BCUT2D eigenvalue weighted by Gasteiger charge is -2.22. The number of nitrogens with zero attached hydrogens (tertiary/aromatic N) is 1. The Kier molecular flexibility index (Phi) is 5.49. The van der Waals surface area contributed by atoms with Gasteiger partial charge in [-0.2, -0.15) is 0 Å². The van der Waals surface area contributed by atoms with E-state index in [1.807, 2.05) is 0 Å². The van der Waals surface area contributed by atoms with E-state index in [-0.39, 0.29) is 0 Å². The number of unbranched alkanes of at least 4 members (excludes halogenated alkanes) is 1. The van der Waals surface area contributed by atoms with E-state index < -0.39 is 0 Å². The van der Waals surface area contributed by atoms with E-state index in [9.17, 15) is 0 Å². The van der Waals surface area contributed by atoms with Gasteiger partial charge in [0.1, 0.15) is 0 Å². The minimum absolute atomic E-state index is 1.04. The quantitative estimate of drug-likeness (QED) is 0.619. The van der Waals surface area contributed by atoms with Gasteiger partial charge in [-0.25, -0.2) is 0 Å². The molecule has 0 saturated heterocycles. The van der Waals surface area contributed by atoms with Crippen molar-refractivity contribution in [1.29, 1.82) is 0 Å². The summed E-state index contributed by atoms with van der Waals surface area (Å²) in [5.41, 5.74) is 4.07. The molecule has 0 aliphatic heterocycles. The molecule has 1 heterocycles. The first kappa shape index (κ1) is 15.8. The van der Waals surface area contributed by atoms with Gasteiger partial charge in [0.2, 0.25) is 0 Å². The summed E-state index contributed by atoms with van der Waals surface area (Å²) >= 11 is 0. The molecule has 1 aromatic heterocycles. The molecule has 0 spiro atoms. The van der Waals surface area contributed by atoms with Gasteiger partial charge in [0.05, 0.1) is 0 Å². The molecule has 3 rings (SSSR count). The number of aromatic nitrogens is 1. The molecule has 0 amide bonds. The molecule has 0 unspecified atom stereocenters. The predicted molar refractivity (Wildman–Crippen MR) is 98.6 cm³/mol. The Morgan fingerprint density at radius 2 is 1.70 bits per heavy atom. The summed E-state index contributed by atoms with van der Waals surface area (Å²) in [6.45, 7) is 5.59. The molecule has 2 heteroatoms. The van der Waals surface area contributed by atoms with E-state index in [1.54, 1.807) is 0 Å². The third-order valence-corrected chi connectivity index (χ3v) is 4.45. The van der Waals surface area contributed by atoms with Crippen molar-refractivity contribution in [1.82, 2.24) is 9.88 Å². The summed E-state index contributed by atoms with van der Waals surface area (Å²) in [4.78, 5) is 5.97. The van der Waals surface area contributed by atoms with Crippen molar-refractivity contribution in [2.45, 2.75) is 32.7 Å². The fraction of sp³-hybridized carbons (Fsp3) is 0.333. The number of H-pyrrole nitrogens is 1. The van der Waals surface area contributed by atoms with Crippen LogP contribution in [0.3, 0.4) is 0 Å². The highest BCUT2D eigenvalue weighted by atomic mass is 15.1. The number of nitrogens with one attached hydrogen (secondary N) is 1. The number of aromatic amines is 1. The van der Waals surface area contributed by atoms with Crippen LogP contribution in [0.5, 0.6) is 0 Å². The van der Waals surface area contributed by atoms with Gasteiger partial charge in [0, 0.05) is 30.2 Å². The molecule has 0 atom stereocenters. The van der Waals surface area contributed by atoms with Crippen molar-refractivity contribution in [2.75, 3.05) is 13.1 Å². The highest BCUT2D eigenvalue weighted by Crippen LogP contribution is 2.18. The first-order chi connectivity index (χ1) is 11.4. The van der Waals surface area contributed by atoms with Crippen molar-refractivity contribution in [3.63, 3.8) is 0 Å². The van der Waals surface area contributed by atoms with Crippen molar-refractivity contribution < 1.29 is 0 Å². The number of benzene rings is 2. The van der Waals surface area contributed by atoms with Gasteiger partial charge in [-0.1, -0.05) is 61.9 Å². The molecule has 3 aromatic rings. The van der Waals surface area contributed by atoms with Gasteiger partial charge in [0.15, 0.2) is 0 Å². The lowest BCUT2D eigenvalue weighted by molar-refractivity contribution is 0.264. The zero-order chi connectivity index (χ0) is 15.9. The van der Waals surface area contributed by atoms with E-state index in [2.05, 4.69) is 77.6 Å². The zero-order valence-electron chi connectivity index (χ0n) is 14.0. The second-order valence-corrected chi connectivity index (χ2v) is 6.22. The minimum atomic E-state index is 1.04. The first-order valence-corrected chi connectivity index (χ1v) is 8.68. The van der Waals surface area contributed by atoms with E-state index in [4.69, 9.17) is 0 Å². The minimum Gasteiger partial charge on any atom is -0.361 e. The maximum atomic E-state index is 3.39. The van der Waals surface area contributed by atoms with Crippen LogP contribution in [0.1, 0.15) is 30.9 Å². The highest BCUT2D eigenvalue weighted by molar-refractivity contribution is 5.83. The molecule has 1 N–H and O–H groups in total. The Morgan fingerprint density at radius 1 is 0.913 bits per heavy atom. The van der Waals surface area contributed by atoms with Crippen molar-refractivity contribution in [2.24, 2.45) is 0 Å². The van der Waals surface area contributed by atoms with Gasteiger partial charge < -0.3 is 4.98 Å². The Labute approximate surface area is 139 Å². The van der Waals surface area contributed by atoms with Crippen LogP contribution in [0.25, 0.3) is 10.9 Å². The lowest BCUT2D eigenvalue weighted by Crippen LogP contribution is -2.26. The molecule has 0 bridgehead atoms. The van der Waals surface area contributed by atoms with Gasteiger partial charge >= 0.3 is 0 Å². The molecule has 23 heavy (non-hydrogen) atoms. The standard InChI is InChI=1S/C21H26N2/c1-2-3-14-23(17-18-9-5-4-6-10-18)15-13-19-16-22-21-12-8-7-11-20(19)21/h4-12,16,22H,2-3,13-15,17H2,1H3. The first-order valence-electron chi connectivity index (χ1n) is 8.68. The molecule has 0 fully saturated rings. The summed E-state index contributed by atoms with van der Waals surface area (Å²) in [6.07, 6.45) is 5.78. The van der Waals surface area contributed by atoms with Crippen molar-refractivity contribution in [3.8, 4) is 0 Å².